The van der Waals surface area contributed by atoms with Crippen LogP contribution in [0.2, 0.25) is 0 Å². The Morgan fingerprint density at radius 2 is 0.688 bits per heavy atom. The van der Waals surface area contributed by atoms with Crippen LogP contribution in [0.5, 0.6) is 0 Å². The fourth-order valence-electron chi connectivity index (χ4n) is 6.39. The second kappa shape index (κ2) is 40.3. The van der Waals surface area contributed by atoms with Gasteiger partial charge in [0.1, 0.15) is 6.61 Å². The zero-order chi connectivity index (χ0) is 35.0. The van der Waals surface area contributed by atoms with Crippen LogP contribution in [0.4, 0.5) is 0 Å². The predicted octanol–water partition coefficient (Wildman–Crippen LogP) is 13.8. The van der Waals surface area contributed by atoms with Crippen LogP contribution in [0, 0.1) is 0 Å². The molecule has 0 fully saturated rings. The smallest absolute Gasteiger partial charge is 0.306 e. The van der Waals surface area contributed by atoms with Gasteiger partial charge in [-0.1, -0.05) is 207 Å². The number of rotatable bonds is 40. The van der Waals surface area contributed by atoms with Crippen LogP contribution in [0.15, 0.2) is 0 Å². The van der Waals surface area contributed by atoms with Crippen molar-refractivity contribution in [1.82, 2.24) is 0 Å². The quantitative estimate of drug-likeness (QED) is 0.0476. The highest BCUT2D eigenvalue weighted by Gasteiger charge is 2.17. The average molecular weight is 681 g/mol. The van der Waals surface area contributed by atoms with Gasteiger partial charge in [-0.15, -0.1) is 0 Å². The molecule has 0 radical (unpaired) electrons. The van der Waals surface area contributed by atoms with Gasteiger partial charge in [0.2, 0.25) is 0 Å². The summed E-state index contributed by atoms with van der Waals surface area (Å²) in [5.41, 5.74) is 0. The van der Waals surface area contributed by atoms with Gasteiger partial charge in [0.05, 0.1) is 6.61 Å². The maximum atomic E-state index is 12.6. The van der Waals surface area contributed by atoms with Crippen LogP contribution in [0.1, 0.15) is 239 Å². The number of ether oxygens (including phenoxy) is 3. The van der Waals surface area contributed by atoms with Crippen LogP contribution in [-0.2, 0) is 23.8 Å². The van der Waals surface area contributed by atoms with Gasteiger partial charge in [0.25, 0.3) is 0 Å². The molecule has 0 saturated carbocycles. The van der Waals surface area contributed by atoms with E-state index in [4.69, 9.17) is 14.2 Å². The molecule has 0 aromatic rings. The fraction of sp³-hybridized carbons (Fsp3) is 0.953. The highest BCUT2D eigenvalue weighted by Crippen LogP contribution is 2.15. The second-order valence-corrected chi connectivity index (χ2v) is 14.6. The molecular weight excluding hydrogens is 596 g/mol. The SMILES string of the molecule is CCCCCCCCCCCCCCCCCC(=O)OCC(COCCCCCCCCCC)OC(=O)CCCCCCCCCCC. The van der Waals surface area contributed by atoms with Crippen molar-refractivity contribution in [2.45, 2.75) is 245 Å². The lowest BCUT2D eigenvalue weighted by molar-refractivity contribution is -0.163. The summed E-state index contributed by atoms with van der Waals surface area (Å²) >= 11 is 0. The lowest BCUT2D eigenvalue weighted by Gasteiger charge is -2.18. The van der Waals surface area contributed by atoms with E-state index in [1.165, 1.54) is 173 Å². The summed E-state index contributed by atoms with van der Waals surface area (Å²) in [6.45, 7) is 7.83. The van der Waals surface area contributed by atoms with Crippen molar-refractivity contribution in [3.8, 4) is 0 Å². The summed E-state index contributed by atoms with van der Waals surface area (Å²) in [6, 6.07) is 0. The van der Waals surface area contributed by atoms with Crippen LogP contribution < -0.4 is 0 Å². The van der Waals surface area contributed by atoms with Gasteiger partial charge in [0, 0.05) is 19.4 Å². The maximum absolute atomic E-state index is 12.6. The van der Waals surface area contributed by atoms with Gasteiger partial charge >= 0.3 is 11.9 Å². The largest absolute Gasteiger partial charge is 0.462 e. The van der Waals surface area contributed by atoms with Gasteiger partial charge in [-0.25, -0.2) is 0 Å². The lowest BCUT2D eigenvalue weighted by Crippen LogP contribution is -2.30. The normalized spacial score (nSPS) is 12.0. The molecule has 48 heavy (non-hydrogen) atoms. The van der Waals surface area contributed by atoms with Crippen LogP contribution >= 0.6 is 0 Å². The van der Waals surface area contributed by atoms with E-state index in [2.05, 4.69) is 20.8 Å². The van der Waals surface area contributed by atoms with E-state index in [1.54, 1.807) is 0 Å². The van der Waals surface area contributed by atoms with Crippen molar-refractivity contribution in [3.05, 3.63) is 0 Å². The first-order valence-corrected chi connectivity index (χ1v) is 21.6. The lowest BCUT2D eigenvalue weighted by atomic mass is 10.0. The number of carbonyl (C=O) groups excluding carboxylic acids is 2. The van der Waals surface area contributed by atoms with E-state index in [9.17, 15) is 9.59 Å². The first-order chi connectivity index (χ1) is 23.6. The first-order valence-electron chi connectivity index (χ1n) is 21.6. The molecule has 5 nitrogen and oxygen atoms in total. The number of unbranched alkanes of at least 4 members (excludes halogenated alkanes) is 29. The second-order valence-electron chi connectivity index (χ2n) is 14.6. The molecule has 0 saturated heterocycles. The van der Waals surface area contributed by atoms with Gasteiger partial charge in [-0.05, 0) is 19.3 Å². The van der Waals surface area contributed by atoms with Crippen molar-refractivity contribution in [2.24, 2.45) is 0 Å². The highest BCUT2D eigenvalue weighted by atomic mass is 16.6. The molecule has 0 spiro atoms. The van der Waals surface area contributed by atoms with Crippen LogP contribution in [0.25, 0.3) is 0 Å². The summed E-state index contributed by atoms with van der Waals surface area (Å²) < 4.78 is 17.2. The topological polar surface area (TPSA) is 61.8 Å². The maximum Gasteiger partial charge on any atom is 0.306 e. The van der Waals surface area contributed by atoms with Crippen LogP contribution in [-0.4, -0.2) is 37.9 Å². The Hall–Kier alpha value is -1.10. The Morgan fingerprint density at radius 1 is 0.375 bits per heavy atom. The molecular formula is C43H84O5. The van der Waals surface area contributed by atoms with Gasteiger partial charge in [-0.3, -0.25) is 9.59 Å². The Balaban J connectivity index is 4.10. The molecule has 1 unspecified atom stereocenters. The minimum Gasteiger partial charge on any atom is -0.462 e. The van der Waals surface area contributed by atoms with Crippen LogP contribution in [0.3, 0.4) is 0 Å². The molecule has 0 aromatic heterocycles. The number of esters is 2. The van der Waals surface area contributed by atoms with Crippen molar-refractivity contribution < 1.29 is 23.8 Å². The summed E-state index contributed by atoms with van der Waals surface area (Å²) in [6.07, 6.45) is 40.9. The third-order valence-corrected chi connectivity index (χ3v) is 9.64. The first kappa shape index (κ1) is 46.9. The summed E-state index contributed by atoms with van der Waals surface area (Å²) in [5.74, 6) is -0.384. The highest BCUT2D eigenvalue weighted by molar-refractivity contribution is 5.70. The monoisotopic (exact) mass is 681 g/mol. The molecule has 0 aromatic carbocycles. The minimum atomic E-state index is -0.518. The molecule has 0 aliphatic heterocycles. The molecule has 286 valence electrons. The van der Waals surface area contributed by atoms with Crippen molar-refractivity contribution in [3.63, 3.8) is 0 Å². The Kier molecular flexibility index (Phi) is 39.4. The van der Waals surface area contributed by atoms with Crippen molar-refractivity contribution in [1.29, 1.82) is 0 Å². The standard InChI is InChI=1S/C43H84O5/c1-4-7-10-13-16-19-20-21-22-23-24-26-27-30-33-36-42(44)47-40-41(39-46-38-35-32-29-18-15-12-9-6-3)48-43(45)37-34-31-28-25-17-14-11-8-5-2/h41H,4-40H2,1-3H3. The van der Waals surface area contributed by atoms with E-state index in [0.717, 1.165) is 32.1 Å². The third-order valence-electron chi connectivity index (χ3n) is 9.64. The summed E-state index contributed by atoms with van der Waals surface area (Å²) in [5, 5.41) is 0. The number of hydrogen-bond donors (Lipinski definition) is 0. The van der Waals surface area contributed by atoms with E-state index >= 15 is 0 Å². The van der Waals surface area contributed by atoms with Gasteiger partial charge < -0.3 is 14.2 Å². The third kappa shape index (κ3) is 37.7. The zero-order valence-electron chi connectivity index (χ0n) is 32.8. The Bertz CT molecular complexity index is 651. The number of hydrogen-bond acceptors (Lipinski definition) is 5. The Morgan fingerprint density at radius 3 is 1.06 bits per heavy atom. The molecule has 0 rings (SSSR count). The minimum absolute atomic E-state index is 0.0957. The Labute approximate surface area is 300 Å². The molecule has 0 aliphatic carbocycles. The molecule has 5 heteroatoms. The number of carbonyl (C=O) groups is 2. The van der Waals surface area contributed by atoms with E-state index in [1.807, 2.05) is 0 Å². The van der Waals surface area contributed by atoms with Crippen molar-refractivity contribution >= 4 is 11.9 Å². The predicted molar refractivity (Wildman–Crippen MR) is 206 cm³/mol. The van der Waals surface area contributed by atoms with E-state index in [-0.39, 0.29) is 18.5 Å². The summed E-state index contributed by atoms with van der Waals surface area (Å²) in [4.78, 5) is 25.1. The molecule has 0 aliphatic rings. The fourth-order valence-corrected chi connectivity index (χ4v) is 6.39. The van der Waals surface area contributed by atoms with E-state index < -0.39 is 6.10 Å². The molecule has 0 heterocycles. The van der Waals surface area contributed by atoms with Gasteiger partial charge in [0.15, 0.2) is 6.10 Å². The van der Waals surface area contributed by atoms with E-state index in [0.29, 0.717) is 26.1 Å². The molecule has 0 bridgehead atoms. The molecule has 0 N–H and O–H groups in total. The molecule has 0 amide bonds. The van der Waals surface area contributed by atoms with Gasteiger partial charge in [-0.2, -0.15) is 0 Å². The zero-order valence-corrected chi connectivity index (χ0v) is 32.8. The average Bonchev–Trinajstić information content (AvgIpc) is 3.08. The van der Waals surface area contributed by atoms with Crippen molar-refractivity contribution in [2.75, 3.05) is 19.8 Å². The summed E-state index contributed by atoms with van der Waals surface area (Å²) in [7, 11) is 0. The molecule has 1 atom stereocenters.